The van der Waals surface area contributed by atoms with E-state index in [0.717, 1.165) is 23.4 Å². The van der Waals surface area contributed by atoms with E-state index in [1.54, 1.807) is 13.2 Å². The number of hydrogen-bond acceptors (Lipinski definition) is 3. The van der Waals surface area contributed by atoms with Crippen LogP contribution in [0.3, 0.4) is 0 Å². The number of aryl methyl sites for hydroxylation is 1. The van der Waals surface area contributed by atoms with E-state index in [9.17, 15) is 4.79 Å². The zero-order valence-corrected chi connectivity index (χ0v) is 13.7. The summed E-state index contributed by atoms with van der Waals surface area (Å²) in [6, 6.07) is 17.1. The SMILES string of the molecule is CCc1cccc(NC(=O)c2cc(-c3ccc(OC)cc3)n[nH]2)c1. The number of nitrogens with one attached hydrogen (secondary N) is 2. The number of benzene rings is 2. The maximum Gasteiger partial charge on any atom is 0.273 e. The molecule has 122 valence electrons. The van der Waals surface area contributed by atoms with Crippen molar-refractivity contribution >= 4 is 11.6 Å². The summed E-state index contributed by atoms with van der Waals surface area (Å²) in [6.45, 7) is 2.08. The fourth-order valence-electron chi connectivity index (χ4n) is 2.42. The Morgan fingerprint density at radius 1 is 1.17 bits per heavy atom. The molecule has 0 spiro atoms. The van der Waals surface area contributed by atoms with Gasteiger partial charge in [0.2, 0.25) is 0 Å². The predicted octanol–water partition coefficient (Wildman–Crippen LogP) is 3.90. The lowest BCUT2D eigenvalue weighted by atomic mass is 10.1. The summed E-state index contributed by atoms with van der Waals surface area (Å²) in [4.78, 5) is 12.4. The Labute approximate surface area is 140 Å². The van der Waals surface area contributed by atoms with Gasteiger partial charge in [0.1, 0.15) is 11.4 Å². The molecule has 0 radical (unpaired) electrons. The van der Waals surface area contributed by atoms with Crippen LogP contribution in [0.2, 0.25) is 0 Å². The smallest absolute Gasteiger partial charge is 0.273 e. The average Bonchev–Trinajstić information content (AvgIpc) is 3.12. The molecule has 2 N–H and O–H groups in total. The number of anilines is 1. The summed E-state index contributed by atoms with van der Waals surface area (Å²) < 4.78 is 5.14. The molecule has 0 fully saturated rings. The van der Waals surface area contributed by atoms with Gasteiger partial charge in [-0.1, -0.05) is 19.1 Å². The molecule has 0 aliphatic carbocycles. The monoisotopic (exact) mass is 321 g/mol. The zero-order valence-electron chi connectivity index (χ0n) is 13.7. The van der Waals surface area contributed by atoms with Crippen LogP contribution in [0.4, 0.5) is 5.69 Å². The molecular formula is C19H19N3O2. The van der Waals surface area contributed by atoms with Crippen LogP contribution in [0.1, 0.15) is 23.0 Å². The third-order valence-electron chi connectivity index (χ3n) is 3.80. The number of nitrogens with zero attached hydrogens (tertiary/aromatic N) is 1. The van der Waals surface area contributed by atoms with Crippen LogP contribution in [-0.4, -0.2) is 23.2 Å². The van der Waals surface area contributed by atoms with Gasteiger partial charge in [-0.2, -0.15) is 5.10 Å². The van der Waals surface area contributed by atoms with Crippen molar-refractivity contribution in [2.24, 2.45) is 0 Å². The summed E-state index contributed by atoms with van der Waals surface area (Å²) in [5.74, 6) is 0.568. The van der Waals surface area contributed by atoms with Crippen LogP contribution < -0.4 is 10.1 Å². The third kappa shape index (κ3) is 3.46. The highest BCUT2D eigenvalue weighted by molar-refractivity contribution is 6.03. The summed E-state index contributed by atoms with van der Waals surface area (Å²) in [7, 11) is 1.62. The minimum absolute atomic E-state index is 0.212. The van der Waals surface area contributed by atoms with E-state index >= 15 is 0 Å². The van der Waals surface area contributed by atoms with E-state index in [2.05, 4.69) is 22.4 Å². The van der Waals surface area contributed by atoms with Crippen molar-refractivity contribution in [1.29, 1.82) is 0 Å². The van der Waals surface area contributed by atoms with Crippen LogP contribution in [0.5, 0.6) is 5.75 Å². The largest absolute Gasteiger partial charge is 0.497 e. The van der Waals surface area contributed by atoms with E-state index < -0.39 is 0 Å². The molecule has 24 heavy (non-hydrogen) atoms. The van der Waals surface area contributed by atoms with Gasteiger partial charge in [-0.25, -0.2) is 0 Å². The van der Waals surface area contributed by atoms with Crippen LogP contribution in [-0.2, 0) is 6.42 Å². The molecule has 0 aliphatic heterocycles. The lowest BCUT2D eigenvalue weighted by Gasteiger charge is -2.05. The number of amides is 1. The molecule has 5 nitrogen and oxygen atoms in total. The second-order valence-electron chi connectivity index (χ2n) is 5.40. The second kappa shape index (κ2) is 7.00. The van der Waals surface area contributed by atoms with Crippen LogP contribution >= 0.6 is 0 Å². The number of methoxy groups -OCH3 is 1. The quantitative estimate of drug-likeness (QED) is 0.749. The van der Waals surface area contributed by atoms with E-state index in [1.165, 1.54) is 5.56 Å². The number of aromatic amines is 1. The van der Waals surface area contributed by atoms with Crippen molar-refractivity contribution in [3.8, 4) is 17.0 Å². The van der Waals surface area contributed by atoms with Gasteiger partial charge in [-0.15, -0.1) is 0 Å². The fraction of sp³-hybridized carbons (Fsp3) is 0.158. The molecule has 5 heteroatoms. The Balaban J connectivity index is 1.75. The summed E-state index contributed by atoms with van der Waals surface area (Å²) >= 11 is 0. The fourth-order valence-corrected chi connectivity index (χ4v) is 2.42. The first-order valence-electron chi connectivity index (χ1n) is 7.79. The first-order chi connectivity index (χ1) is 11.7. The molecule has 0 bridgehead atoms. The molecule has 0 atom stereocenters. The van der Waals surface area contributed by atoms with Crippen molar-refractivity contribution in [3.63, 3.8) is 0 Å². The number of ether oxygens (including phenoxy) is 1. The second-order valence-corrected chi connectivity index (χ2v) is 5.40. The van der Waals surface area contributed by atoms with Gasteiger partial charge in [-0.3, -0.25) is 9.89 Å². The Bertz CT molecular complexity index is 838. The summed E-state index contributed by atoms with van der Waals surface area (Å²) in [6.07, 6.45) is 0.926. The molecule has 0 unspecified atom stereocenters. The Kier molecular flexibility index (Phi) is 4.61. The van der Waals surface area contributed by atoms with Crippen molar-refractivity contribution in [2.45, 2.75) is 13.3 Å². The van der Waals surface area contributed by atoms with Gasteiger partial charge in [0.05, 0.1) is 12.8 Å². The summed E-state index contributed by atoms with van der Waals surface area (Å²) in [5.41, 5.74) is 4.00. The minimum Gasteiger partial charge on any atom is -0.497 e. The van der Waals surface area contributed by atoms with Crippen LogP contribution in [0.15, 0.2) is 54.6 Å². The molecule has 1 aromatic heterocycles. The predicted molar refractivity (Wildman–Crippen MR) is 94.3 cm³/mol. The van der Waals surface area contributed by atoms with Crippen molar-refractivity contribution in [3.05, 3.63) is 65.9 Å². The van der Waals surface area contributed by atoms with E-state index in [4.69, 9.17) is 4.74 Å². The van der Waals surface area contributed by atoms with Crippen LogP contribution in [0, 0.1) is 0 Å². The number of carbonyl (C=O) groups excluding carboxylic acids is 1. The molecule has 0 aliphatic rings. The number of rotatable bonds is 5. The average molecular weight is 321 g/mol. The number of aromatic nitrogens is 2. The number of H-pyrrole nitrogens is 1. The Morgan fingerprint density at radius 3 is 2.67 bits per heavy atom. The van der Waals surface area contributed by atoms with Crippen LogP contribution in [0.25, 0.3) is 11.3 Å². The van der Waals surface area contributed by atoms with Gasteiger partial charge in [0, 0.05) is 11.3 Å². The molecular weight excluding hydrogens is 302 g/mol. The lowest BCUT2D eigenvalue weighted by molar-refractivity contribution is 0.102. The zero-order chi connectivity index (χ0) is 16.9. The molecule has 0 saturated heterocycles. The first kappa shape index (κ1) is 15.8. The first-order valence-corrected chi connectivity index (χ1v) is 7.79. The van der Waals surface area contributed by atoms with Gasteiger partial charge in [-0.05, 0) is 54.4 Å². The highest BCUT2D eigenvalue weighted by atomic mass is 16.5. The number of carbonyl (C=O) groups is 1. The molecule has 2 aromatic carbocycles. The Morgan fingerprint density at radius 2 is 1.96 bits per heavy atom. The van der Waals surface area contributed by atoms with Crippen molar-refractivity contribution < 1.29 is 9.53 Å². The highest BCUT2D eigenvalue weighted by Gasteiger charge is 2.11. The molecule has 0 saturated carbocycles. The van der Waals surface area contributed by atoms with E-state index in [1.807, 2.05) is 48.5 Å². The van der Waals surface area contributed by atoms with Crippen molar-refractivity contribution in [2.75, 3.05) is 12.4 Å². The molecule has 3 rings (SSSR count). The van der Waals surface area contributed by atoms with Gasteiger partial charge < -0.3 is 10.1 Å². The maximum absolute atomic E-state index is 12.4. The van der Waals surface area contributed by atoms with Gasteiger partial charge in [0.15, 0.2) is 0 Å². The molecule has 1 amide bonds. The Hall–Kier alpha value is -3.08. The molecule has 3 aromatic rings. The van der Waals surface area contributed by atoms with E-state index in [0.29, 0.717) is 11.4 Å². The standard InChI is InChI=1S/C19H19N3O2/c1-3-13-5-4-6-15(11-13)20-19(23)18-12-17(21-22-18)14-7-9-16(24-2)10-8-14/h4-12H,3H2,1-2H3,(H,20,23)(H,21,22). The van der Waals surface area contributed by atoms with Crippen molar-refractivity contribution in [1.82, 2.24) is 10.2 Å². The normalized spacial score (nSPS) is 10.4. The lowest BCUT2D eigenvalue weighted by Crippen LogP contribution is -2.12. The van der Waals surface area contributed by atoms with Gasteiger partial charge in [0.25, 0.3) is 5.91 Å². The highest BCUT2D eigenvalue weighted by Crippen LogP contribution is 2.21. The number of hydrogen-bond donors (Lipinski definition) is 2. The minimum atomic E-state index is -0.212. The summed E-state index contributed by atoms with van der Waals surface area (Å²) in [5, 5.41) is 9.89. The third-order valence-corrected chi connectivity index (χ3v) is 3.80. The van der Waals surface area contributed by atoms with Gasteiger partial charge >= 0.3 is 0 Å². The maximum atomic E-state index is 12.4. The van der Waals surface area contributed by atoms with E-state index in [-0.39, 0.29) is 5.91 Å². The molecule has 1 heterocycles. The topological polar surface area (TPSA) is 67.0 Å².